The van der Waals surface area contributed by atoms with Crippen LogP contribution in [0.1, 0.15) is 98.1 Å². The quantitative estimate of drug-likeness (QED) is 0.186. The second-order valence-corrected chi connectivity index (χ2v) is 10.3. The average molecular weight is 521 g/mol. The van der Waals surface area contributed by atoms with E-state index in [2.05, 4.69) is 70.6 Å². The topological polar surface area (TPSA) is 47.6 Å². The summed E-state index contributed by atoms with van der Waals surface area (Å²) in [7, 11) is 0. The number of benzene rings is 2. The molecule has 3 rings (SSSR count). The molecule has 0 spiro atoms. The largest absolute Gasteiger partial charge is 0.436 e. The summed E-state index contributed by atoms with van der Waals surface area (Å²) in [6.45, 7) is 21.1. The minimum atomic E-state index is 0.616. The van der Waals surface area contributed by atoms with Crippen LogP contribution in [0.2, 0.25) is 0 Å². The van der Waals surface area contributed by atoms with E-state index in [4.69, 9.17) is 9.15 Å². The Bertz CT molecular complexity index is 1040. The number of nitrogens with zero attached hydrogens (tertiary/aromatic N) is 2. The van der Waals surface area contributed by atoms with Crippen LogP contribution in [0.5, 0.6) is 0 Å². The lowest BCUT2D eigenvalue weighted by Crippen LogP contribution is -1.92. The van der Waals surface area contributed by atoms with Crippen molar-refractivity contribution in [3.63, 3.8) is 0 Å². The maximum absolute atomic E-state index is 5.94. The minimum Gasteiger partial charge on any atom is -0.436 e. The van der Waals surface area contributed by atoms with E-state index >= 15 is 0 Å². The Labute approximate surface area is 233 Å². The molecule has 0 amide bonds. The molecule has 0 aliphatic carbocycles. The molecule has 0 atom stereocenters. The number of hydrogen-bond acceptors (Lipinski definition) is 4. The highest BCUT2D eigenvalue weighted by Crippen LogP contribution is 2.30. The molecule has 4 heteroatoms. The van der Waals surface area contributed by atoms with Crippen molar-refractivity contribution in [3.05, 3.63) is 59.8 Å². The molecule has 1 heterocycles. The summed E-state index contributed by atoms with van der Waals surface area (Å²) >= 11 is 0. The fourth-order valence-electron chi connectivity index (χ4n) is 3.88. The third kappa shape index (κ3) is 13.2. The van der Waals surface area contributed by atoms with E-state index < -0.39 is 0 Å². The Balaban J connectivity index is 0.000000398. The van der Waals surface area contributed by atoms with E-state index in [1.807, 2.05) is 44.2 Å². The van der Waals surface area contributed by atoms with Gasteiger partial charge in [0.05, 0.1) is 11.9 Å². The van der Waals surface area contributed by atoms with Crippen LogP contribution in [0, 0.1) is 19.8 Å². The Morgan fingerprint density at radius 2 is 1.42 bits per heavy atom. The second kappa shape index (κ2) is 19.4. The Kier molecular flexibility index (Phi) is 17.0. The first-order valence-corrected chi connectivity index (χ1v) is 14.5. The number of aryl methyl sites for hydroxylation is 2. The van der Waals surface area contributed by atoms with Crippen LogP contribution in [-0.4, -0.2) is 23.9 Å². The number of oxazole rings is 1. The van der Waals surface area contributed by atoms with Gasteiger partial charge in [0.1, 0.15) is 0 Å². The summed E-state index contributed by atoms with van der Waals surface area (Å²) < 4.78 is 11.1. The monoisotopic (exact) mass is 520 g/mol. The maximum atomic E-state index is 5.94. The van der Waals surface area contributed by atoms with Crippen molar-refractivity contribution in [1.29, 1.82) is 0 Å². The van der Waals surface area contributed by atoms with Gasteiger partial charge in [0, 0.05) is 30.1 Å². The van der Waals surface area contributed by atoms with Crippen LogP contribution in [0.4, 0.5) is 5.69 Å². The molecule has 0 bridgehead atoms. The van der Waals surface area contributed by atoms with Crippen LogP contribution < -0.4 is 0 Å². The summed E-state index contributed by atoms with van der Waals surface area (Å²) in [4.78, 5) is 8.99. The normalized spacial score (nSPS) is 10.4. The fraction of sp³-hybridized carbons (Fsp3) is 0.529. The van der Waals surface area contributed by atoms with Gasteiger partial charge in [-0.15, -0.1) is 0 Å². The number of aliphatic imine (C=N–C) groups is 1. The highest BCUT2D eigenvalue weighted by molar-refractivity contribution is 5.83. The van der Waals surface area contributed by atoms with Gasteiger partial charge in [-0.25, -0.2) is 4.98 Å². The van der Waals surface area contributed by atoms with Gasteiger partial charge >= 0.3 is 0 Å². The van der Waals surface area contributed by atoms with Crippen LogP contribution in [0.3, 0.4) is 0 Å². The Hall–Kier alpha value is -2.72. The number of ether oxygens (including phenoxy) is 1. The van der Waals surface area contributed by atoms with Gasteiger partial charge in [-0.3, -0.25) is 4.99 Å². The fourth-order valence-corrected chi connectivity index (χ4v) is 3.88. The van der Waals surface area contributed by atoms with Gasteiger partial charge in [-0.1, -0.05) is 96.2 Å². The van der Waals surface area contributed by atoms with E-state index in [1.54, 1.807) is 6.20 Å². The predicted octanol–water partition coefficient (Wildman–Crippen LogP) is 10.8. The Morgan fingerprint density at radius 3 is 1.95 bits per heavy atom. The molecular formula is C34H52N2O2. The molecule has 1 aromatic heterocycles. The van der Waals surface area contributed by atoms with E-state index in [0.29, 0.717) is 5.89 Å². The van der Waals surface area contributed by atoms with Crippen LogP contribution in [0.25, 0.3) is 22.8 Å². The molecule has 0 N–H and O–H groups in total. The summed E-state index contributed by atoms with van der Waals surface area (Å²) in [5.74, 6) is 2.35. The summed E-state index contributed by atoms with van der Waals surface area (Å²) in [6.07, 6.45) is 9.57. The molecule has 3 aromatic rings. The van der Waals surface area contributed by atoms with Crippen LogP contribution >= 0.6 is 0 Å². The van der Waals surface area contributed by atoms with Crippen molar-refractivity contribution >= 4 is 11.4 Å². The van der Waals surface area contributed by atoms with Gasteiger partial charge in [-0.05, 0) is 64.2 Å². The summed E-state index contributed by atoms with van der Waals surface area (Å²) in [5, 5.41) is 0. The highest BCUT2D eigenvalue weighted by Gasteiger charge is 2.10. The van der Waals surface area contributed by atoms with Gasteiger partial charge in [-0.2, -0.15) is 0 Å². The zero-order chi connectivity index (χ0) is 28.3. The Morgan fingerprint density at radius 1 is 0.842 bits per heavy atom. The molecule has 0 aliphatic heterocycles. The van der Waals surface area contributed by atoms with E-state index in [1.165, 1.54) is 31.2 Å². The number of rotatable bonds is 11. The average Bonchev–Trinajstić information content (AvgIpc) is 3.37. The lowest BCUT2D eigenvalue weighted by Gasteiger charge is -2.05. The van der Waals surface area contributed by atoms with Crippen molar-refractivity contribution in [1.82, 2.24) is 4.98 Å². The smallest absolute Gasteiger partial charge is 0.226 e. The first-order chi connectivity index (χ1) is 18.2. The summed E-state index contributed by atoms with van der Waals surface area (Å²) in [6, 6.07) is 14.3. The molecule has 0 saturated heterocycles. The van der Waals surface area contributed by atoms with Crippen LogP contribution in [-0.2, 0) is 4.74 Å². The molecule has 0 unspecified atom stereocenters. The highest BCUT2D eigenvalue weighted by atomic mass is 16.5. The third-order valence-electron chi connectivity index (χ3n) is 5.90. The molecule has 0 aliphatic rings. The van der Waals surface area contributed by atoms with Crippen molar-refractivity contribution in [2.24, 2.45) is 10.9 Å². The van der Waals surface area contributed by atoms with Gasteiger partial charge < -0.3 is 9.15 Å². The molecule has 210 valence electrons. The summed E-state index contributed by atoms with van der Waals surface area (Å²) in [5.41, 5.74) is 6.32. The molecule has 0 saturated carbocycles. The third-order valence-corrected chi connectivity index (χ3v) is 5.90. The minimum absolute atomic E-state index is 0.616. The van der Waals surface area contributed by atoms with E-state index in [9.17, 15) is 0 Å². The number of hydrogen-bond donors (Lipinski definition) is 0. The zero-order valence-corrected chi connectivity index (χ0v) is 25.6. The van der Waals surface area contributed by atoms with Gasteiger partial charge in [0.15, 0.2) is 5.76 Å². The molecule has 38 heavy (non-hydrogen) atoms. The van der Waals surface area contributed by atoms with Gasteiger partial charge in [0.25, 0.3) is 0 Å². The lowest BCUT2D eigenvalue weighted by atomic mass is 10.0. The molecule has 2 aromatic carbocycles. The molecule has 0 radical (unpaired) electrons. The van der Waals surface area contributed by atoms with E-state index in [-0.39, 0.29) is 0 Å². The predicted molar refractivity (Wildman–Crippen MR) is 166 cm³/mol. The standard InChI is InChI=1S/C20H20N2O.C8H18.C6H14O/c1-13(2)22-18-11-17(10-7-15(18)4)20-21-12-19(23-20)16-8-5-14(3)6-9-16;1-4-6-8(3)7-5-2;1-3-5-7-6-4-2/h5-12H,1-4H3;8H,4-7H2,1-3H3;3-6H2,1-2H3. The van der Waals surface area contributed by atoms with Crippen molar-refractivity contribution in [2.45, 2.75) is 101 Å². The SMILES string of the molecule is CC(C)=Nc1cc(-c2ncc(-c3ccc(C)cc3)o2)ccc1C.CCCC(C)CCC.CCCOCCC. The molecule has 4 nitrogen and oxygen atoms in total. The van der Waals surface area contributed by atoms with E-state index in [0.717, 1.165) is 65.8 Å². The zero-order valence-electron chi connectivity index (χ0n) is 25.6. The maximum Gasteiger partial charge on any atom is 0.226 e. The first kappa shape index (κ1) is 33.3. The molecular weight excluding hydrogens is 468 g/mol. The number of aromatic nitrogens is 1. The van der Waals surface area contributed by atoms with Crippen LogP contribution in [0.15, 0.2) is 58.1 Å². The van der Waals surface area contributed by atoms with Crippen molar-refractivity contribution in [3.8, 4) is 22.8 Å². The van der Waals surface area contributed by atoms with Crippen molar-refractivity contribution in [2.75, 3.05) is 13.2 Å². The van der Waals surface area contributed by atoms with Crippen molar-refractivity contribution < 1.29 is 9.15 Å². The molecule has 0 fully saturated rings. The van der Waals surface area contributed by atoms with Gasteiger partial charge in [0.2, 0.25) is 5.89 Å². The second-order valence-electron chi connectivity index (χ2n) is 10.3. The first-order valence-electron chi connectivity index (χ1n) is 14.5. The lowest BCUT2D eigenvalue weighted by molar-refractivity contribution is 0.135.